The molecule has 2 unspecified atom stereocenters. The first-order valence-corrected chi connectivity index (χ1v) is 6.84. The van der Waals surface area contributed by atoms with Crippen LogP contribution in [0.15, 0.2) is 0 Å². The highest BCUT2D eigenvalue weighted by molar-refractivity contribution is 5.86. The van der Waals surface area contributed by atoms with Crippen LogP contribution in [-0.2, 0) is 9.59 Å². The van der Waals surface area contributed by atoms with E-state index in [1.165, 1.54) is 0 Å². The Bertz CT molecular complexity index is 324. The second-order valence-corrected chi connectivity index (χ2v) is 5.51. The first-order chi connectivity index (χ1) is 8.58. The summed E-state index contributed by atoms with van der Waals surface area (Å²) in [7, 11) is 1.81. The Morgan fingerprint density at radius 1 is 1.33 bits per heavy atom. The van der Waals surface area contributed by atoms with Gasteiger partial charge in [-0.3, -0.25) is 9.59 Å². The molecular weight excluding hydrogens is 230 g/mol. The fourth-order valence-electron chi connectivity index (χ4n) is 2.64. The molecule has 0 bridgehead atoms. The van der Waals surface area contributed by atoms with Crippen molar-refractivity contribution < 1.29 is 9.59 Å². The monoisotopic (exact) mass is 253 g/mol. The van der Waals surface area contributed by atoms with E-state index >= 15 is 0 Å². The Morgan fingerprint density at radius 2 is 2.11 bits per heavy atom. The lowest BCUT2D eigenvalue weighted by atomic mass is 9.94. The third kappa shape index (κ3) is 3.02. The minimum Gasteiger partial charge on any atom is -0.344 e. The topological polar surface area (TPSA) is 52.7 Å². The lowest BCUT2D eigenvalue weighted by Gasteiger charge is -2.30. The van der Waals surface area contributed by atoms with Gasteiger partial charge in [0.05, 0.1) is 12.5 Å². The number of piperidine rings is 1. The van der Waals surface area contributed by atoms with Gasteiger partial charge in [-0.15, -0.1) is 0 Å². The van der Waals surface area contributed by atoms with E-state index in [9.17, 15) is 9.59 Å². The molecule has 2 amide bonds. The Morgan fingerprint density at radius 3 is 2.78 bits per heavy atom. The molecule has 0 aliphatic carbocycles. The van der Waals surface area contributed by atoms with Crippen molar-refractivity contribution in [2.45, 2.75) is 32.2 Å². The maximum Gasteiger partial charge on any atom is 0.241 e. The number of nitrogens with zero attached hydrogens (tertiary/aromatic N) is 2. The van der Waals surface area contributed by atoms with E-state index in [0.29, 0.717) is 12.6 Å². The molecule has 2 fully saturated rings. The molecule has 18 heavy (non-hydrogen) atoms. The smallest absolute Gasteiger partial charge is 0.241 e. The molecule has 2 atom stereocenters. The van der Waals surface area contributed by atoms with Crippen LogP contribution in [0.3, 0.4) is 0 Å². The van der Waals surface area contributed by atoms with Gasteiger partial charge in [-0.1, -0.05) is 0 Å². The summed E-state index contributed by atoms with van der Waals surface area (Å²) in [5.74, 6) is 0.258. The molecule has 0 radical (unpaired) electrons. The normalized spacial score (nSPS) is 30.2. The van der Waals surface area contributed by atoms with Gasteiger partial charge in [0.1, 0.15) is 0 Å². The summed E-state index contributed by atoms with van der Waals surface area (Å²) >= 11 is 0. The van der Waals surface area contributed by atoms with Crippen LogP contribution in [0.2, 0.25) is 0 Å². The summed E-state index contributed by atoms with van der Waals surface area (Å²) in [4.78, 5) is 27.6. The number of rotatable bonds is 1. The number of carbonyl (C=O) groups excluding carboxylic acids is 2. The van der Waals surface area contributed by atoms with Crippen LogP contribution < -0.4 is 5.32 Å². The summed E-state index contributed by atoms with van der Waals surface area (Å²) in [5, 5.41) is 3.34. The van der Waals surface area contributed by atoms with Crippen LogP contribution in [0.5, 0.6) is 0 Å². The third-order valence-corrected chi connectivity index (χ3v) is 4.00. The zero-order chi connectivity index (χ0) is 13.1. The molecule has 102 valence electrons. The first kappa shape index (κ1) is 13.3. The van der Waals surface area contributed by atoms with Crippen molar-refractivity contribution in [2.75, 3.05) is 33.2 Å². The summed E-state index contributed by atoms with van der Waals surface area (Å²) in [6.45, 7) is 4.61. The molecule has 2 aliphatic heterocycles. The average molecular weight is 253 g/mol. The van der Waals surface area contributed by atoms with Gasteiger partial charge >= 0.3 is 0 Å². The van der Waals surface area contributed by atoms with Gasteiger partial charge in [0.15, 0.2) is 0 Å². The summed E-state index contributed by atoms with van der Waals surface area (Å²) in [6.07, 6.45) is 2.86. The molecule has 0 spiro atoms. The molecule has 1 N–H and O–H groups in total. The Labute approximate surface area is 108 Å². The van der Waals surface area contributed by atoms with Crippen molar-refractivity contribution in [3.05, 3.63) is 0 Å². The van der Waals surface area contributed by atoms with Crippen LogP contribution in [0.1, 0.15) is 26.2 Å². The second kappa shape index (κ2) is 5.69. The number of amides is 2. The molecule has 0 aromatic carbocycles. The van der Waals surface area contributed by atoms with Crippen molar-refractivity contribution in [3.8, 4) is 0 Å². The van der Waals surface area contributed by atoms with E-state index < -0.39 is 0 Å². The van der Waals surface area contributed by atoms with Gasteiger partial charge in [-0.2, -0.15) is 0 Å². The van der Waals surface area contributed by atoms with Gasteiger partial charge in [0.2, 0.25) is 11.8 Å². The van der Waals surface area contributed by atoms with E-state index in [2.05, 4.69) is 12.2 Å². The van der Waals surface area contributed by atoms with Crippen LogP contribution >= 0.6 is 0 Å². The molecule has 2 rings (SSSR count). The van der Waals surface area contributed by atoms with Gasteiger partial charge in [-0.05, 0) is 26.2 Å². The minimum absolute atomic E-state index is 0.0532. The van der Waals surface area contributed by atoms with Gasteiger partial charge in [0.25, 0.3) is 0 Å². The fraction of sp³-hybridized carbons (Fsp3) is 0.846. The zero-order valence-electron chi connectivity index (χ0n) is 11.3. The van der Waals surface area contributed by atoms with Gasteiger partial charge < -0.3 is 15.1 Å². The fourth-order valence-corrected chi connectivity index (χ4v) is 2.64. The van der Waals surface area contributed by atoms with E-state index in [0.717, 1.165) is 32.4 Å². The van der Waals surface area contributed by atoms with Crippen molar-refractivity contribution in [1.29, 1.82) is 0 Å². The maximum atomic E-state index is 12.4. The molecule has 2 saturated heterocycles. The summed E-state index contributed by atoms with van der Waals surface area (Å²) in [6, 6.07) is 0.506. The predicted molar refractivity (Wildman–Crippen MR) is 69.0 cm³/mol. The average Bonchev–Trinajstić information content (AvgIpc) is 2.52. The van der Waals surface area contributed by atoms with E-state index in [4.69, 9.17) is 0 Å². The van der Waals surface area contributed by atoms with Crippen LogP contribution in [0.25, 0.3) is 0 Å². The summed E-state index contributed by atoms with van der Waals surface area (Å²) < 4.78 is 0. The first-order valence-electron chi connectivity index (χ1n) is 6.84. The Balaban J connectivity index is 1.93. The van der Waals surface area contributed by atoms with E-state index in [-0.39, 0.29) is 24.3 Å². The van der Waals surface area contributed by atoms with E-state index in [1.807, 2.05) is 0 Å². The highest BCUT2D eigenvalue weighted by Gasteiger charge is 2.30. The molecule has 2 heterocycles. The number of hydrogen-bond donors (Lipinski definition) is 1. The van der Waals surface area contributed by atoms with Gasteiger partial charge in [0, 0.05) is 32.7 Å². The molecule has 2 aliphatic rings. The van der Waals surface area contributed by atoms with Crippen LogP contribution in [0, 0.1) is 5.92 Å². The predicted octanol–water partition coefficient (Wildman–Crippen LogP) is 0.0652. The van der Waals surface area contributed by atoms with Gasteiger partial charge in [-0.25, -0.2) is 0 Å². The summed E-state index contributed by atoms with van der Waals surface area (Å²) in [5.41, 5.74) is 0. The lowest BCUT2D eigenvalue weighted by molar-refractivity contribution is -0.141. The third-order valence-electron chi connectivity index (χ3n) is 4.00. The minimum atomic E-state index is 0.0532. The molecule has 0 saturated carbocycles. The molecule has 5 nitrogen and oxygen atoms in total. The van der Waals surface area contributed by atoms with Crippen molar-refractivity contribution in [2.24, 2.45) is 5.92 Å². The zero-order valence-corrected chi connectivity index (χ0v) is 11.3. The Kier molecular flexibility index (Phi) is 4.22. The standard InChI is InChI=1S/C13H23N3O2/c1-10-4-5-11(8-14-10)13(18)16-7-3-6-15(2)12(17)9-16/h10-11,14H,3-9H2,1-2H3. The van der Waals surface area contributed by atoms with Crippen molar-refractivity contribution in [1.82, 2.24) is 15.1 Å². The number of likely N-dealkylation sites (N-methyl/N-ethyl adjacent to an activating group) is 1. The SMILES string of the molecule is CC1CCC(C(=O)N2CCCN(C)C(=O)C2)CN1. The lowest BCUT2D eigenvalue weighted by Crippen LogP contribution is -2.47. The van der Waals surface area contributed by atoms with E-state index in [1.54, 1.807) is 16.8 Å². The molecular formula is C13H23N3O2. The van der Waals surface area contributed by atoms with Crippen LogP contribution in [-0.4, -0.2) is 60.9 Å². The number of hydrogen-bond acceptors (Lipinski definition) is 3. The van der Waals surface area contributed by atoms with Crippen molar-refractivity contribution >= 4 is 11.8 Å². The number of carbonyl (C=O) groups is 2. The molecule has 5 heteroatoms. The molecule has 0 aromatic heterocycles. The second-order valence-electron chi connectivity index (χ2n) is 5.51. The largest absolute Gasteiger partial charge is 0.344 e. The Hall–Kier alpha value is -1.10. The van der Waals surface area contributed by atoms with Crippen molar-refractivity contribution in [3.63, 3.8) is 0 Å². The highest BCUT2D eigenvalue weighted by Crippen LogP contribution is 2.17. The number of nitrogens with one attached hydrogen (secondary N) is 1. The highest BCUT2D eigenvalue weighted by atomic mass is 16.2. The quantitative estimate of drug-likeness (QED) is 0.719. The van der Waals surface area contributed by atoms with Crippen LogP contribution in [0.4, 0.5) is 0 Å². The maximum absolute atomic E-state index is 12.4. The molecule has 0 aromatic rings.